The molecule has 1 aromatic rings. The quantitative estimate of drug-likeness (QED) is 0.748. The van der Waals surface area contributed by atoms with E-state index in [4.69, 9.17) is 19.9 Å². The molecular formula is C20H33N3O4. The van der Waals surface area contributed by atoms with E-state index in [1.807, 2.05) is 39.0 Å². The first-order chi connectivity index (χ1) is 12.8. The fraction of sp³-hybridized carbons (Fsp3) is 0.650. The molecule has 2 atom stereocenters. The van der Waals surface area contributed by atoms with Crippen LogP contribution in [0.2, 0.25) is 0 Å². The Morgan fingerprint density at radius 1 is 1.22 bits per heavy atom. The average Bonchev–Trinajstić information content (AvgIpc) is 2.67. The Bertz CT molecular complexity index is 624. The maximum atomic E-state index is 12.5. The van der Waals surface area contributed by atoms with Crippen LogP contribution < -0.4 is 20.5 Å². The van der Waals surface area contributed by atoms with Gasteiger partial charge >= 0.3 is 0 Å². The normalized spacial score (nSPS) is 17.9. The van der Waals surface area contributed by atoms with Crippen molar-refractivity contribution in [3.05, 3.63) is 23.8 Å². The third kappa shape index (κ3) is 5.57. The van der Waals surface area contributed by atoms with Gasteiger partial charge in [-0.2, -0.15) is 0 Å². The highest BCUT2D eigenvalue weighted by atomic mass is 16.5. The van der Waals surface area contributed by atoms with Crippen LogP contribution in [-0.4, -0.2) is 63.9 Å². The van der Waals surface area contributed by atoms with E-state index in [1.165, 1.54) is 0 Å². The zero-order chi connectivity index (χ0) is 20.0. The summed E-state index contributed by atoms with van der Waals surface area (Å²) in [6.45, 7) is 9.33. The molecule has 152 valence electrons. The van der Waals surface area contributed by atoms with E-state index in [2.05, 4.69) is 10.2 Å². The van der Waals surface area contributed by atoms with E-state index in [-0.39, 0.29) is 17.4 Å². The van der Waals surface area contributed by atoms with Crippen molar-refractivity contribution in [1.29, 1.82) is 0 Å². The second-order valence-electron chi connectivity index (χ2n) is 7.87. The number of benzene rings is 1. The number of carbonyl (C=O) groups is 1. The Morgan fingerprint density at radius 2 is 1.85 bits per heavy atom. The number of nitrogens with one attached hydrogen (secondary N) is 1. The summed E-state index contributed by atoms with van der Waals surface area (Å²) in [4.78, 5) is 14.8. The SMILES string of the molecule is COc1ccc(C(CNC(=O)[C@@H](N)C(C)(C)C)N2CCOCC2)cc1OC. The summed E-state index contributed by atoms with van der Waals surface area (Å²) in [6, 6.07) is 5.31. The number of ether oxygens (including phenoxy) is 3. The van der Waals surface area contributed by atoms with Crippen molar-refractivity contribution >= 4 is 5.91 Å². The topological polar surface area (TPSA) is 86.0 Å². The van der Waals surface area contributed by atoms with Crippen molar-refractivity contribution in [3.63, 3.8) is 0 Å². The smallest absolute Gasteiger partial charge is 0.237 e. The number of amides is 1. The molecule has 27 heavy (non-hydrogen) atoms. The van der Waals surface area contributed by atoms with Crippen molar-refractivity contribution in [2.45, 2.75) is 32.9 Å². The number of rotatable bonds is 7. The lowest BCUT2D eigenvalue weighted by Crippen LogP contribution is -2.51. The first-order valence-corrected chi connectivity index (χ1v) is 9.35. The van der Waals surface area contributed by atoms with Crippen LogP contribution in [0.5, 0.6) is 11.5 Å². The van der Waals surface area contributed by atoms with Gasteiger partial charge in [0.2, 0.25) is 5.91 Å². The molecule has 0 radical (unpaired) electrons. The van der Waals surface area contributed by atoms with Gasteiger partial charge in [0.05, 0.1) is 39.5 Å². The first-order valence-electron chi connectivity index (χ1n) is 9.35. The lowest BCUT2D eigenvalue weighted by molar-refractivity contribution is -0.124. The third-order valence-corrected chi connectivity index (χ3v) is 4.96. The predicted octanol–water partition coefficient (Wildman–Crippen LogP) is 1.57. The van der Waals surface area contributed by atoms with Crippen molar-refractivity contribution in [3.8, 4) is 11.5 Å². The number of hydrogen-bond donors (Lipinski definition) is 2. The number of methoxy groups -OCH3 is 2. The number of nitrogens with zero attached hydrogens (tertiary/aromatic N) is 1. The minimum atomic E-state index is -0.562. The summed E-state index contributed by atoms with van der Waals surface area (Å²) >= 11 is 0. The molecular weight excluding hydrogens is 346 g/mol. The summed E-state index contributed by atoms with van der Waals surface area (Å²) in [7, 11) is 3.24. The van der Waals surface area contributed by atoms with Crippen LogP contribution >= 0.6 is 0 Å². The molecule has 0 aromatic heterocycles. The van der Waals surface area contributed by atoms with Gasteiger partial charge in [0.25, 0.3) is 0 Å². The molecule has 2 rings (SSSR count). The van der Waals surface area contributed by atoms with Crippen LogP contribution in [0, 0.1) is 5.41 Å². The fourth-order valence-electron chi connectivity index (χ4n) is 3.11. The van der Waals surface area contributed by atoms with E-state index in [1.54, 1.807) is 14.2 Å². The minimum Gasteiger partial charge on any atom is -0.493 e. The van der Waals surface area contributed by atoms with Gasteiger partial charge in [-0.05, 0) is 23.1 Å². The summed E-state index contributed by atoms with van der Waals surface area (Å²) in [6.07, 6.45) is 0. The molecule has 1 aliphatic heterocycles. The van der Waals surface area contributed by atoms with Crippen LogP contribution in [0.1, 0.15) is 32.4 Å². The number of morpholine rings is 1. The Kier molecular flexibility index (Phi) is 7.47. The van der Waals surface area contributed by atoms with Crippen molar-refractivity contribution in [2.24, 2.45) is 11.1 Å². The summed E-state index contributed by atoms with van der Waals surface area (Å²) in [5.74, 6) is 1.22. The monoisotopic (exact) mass is 379 g/mol. The molecule has 1 amide bonds. The third-order valence-electron chi connectivity index (χ3n) is 4.96. The molecule has 1 aliphatic rings. The second-order valence-corrected chi connectivity index (χ2v) is 7.87. The van der Waals surface area contributed by atoms with Crippen LogP contribution in [0.15, 0.2) is 18.2 Å². The highest BCUT2D eigenvalue weighted by molar-refractivity contribution is 5.82. The molecule has 7 heteroatoms. The Hall–Kier alpha value is -1.83. The molecule has 1 fully saturated rings. The fourth-order valence-corrected chi connectivity index (χ4v) is 3.11. The van der Waals surface area contributed by atoms with Crippen LogP contribution in [0.4, 0.5) is 0 Å². The summed E-state index contributed by atoms with van der Waals surface area (Å²) in [5, 5.41) is 3.03. The van der Waals surface area contributed by atoms with Gasteiger partial charge in [-0.1, -0.05) is 26.8 Å². The van der Waals surface area contributed by atoms with Crippen LogP contribution in [0.3, 0.4) is 0 Å². The molecule has 3 N–H and O–H groups in total. The number of hydrogen-bond acceptors (Lipinski definition) is 6. The van der Waals surface area contributed by atoms with Crippen LogP contribution in [0.25, 0.3) is 0 Å². The zero-order valence-corrected chi connectivity index (χ0v) is 17.1. The number of carbonyl (C=O) groups excluding carboxylic acids is 1. The lowest BCUT2D eigenvalue weighted by atomic mass is 9.87. The van der Waals surface area contributed by atoms with Gasteiger partial charge in [-0.25, -0.2) is 0 Å². The van der Waals surface area contributed by atoms with E-state index < -0.39 is 6.04 Å². The van der Waals surface area contributed by atoms with E-state index in [0.29, 0.717) is 31.3 Å². The maximum absolute atomic E-state index is 12.5. The Balaban J connectivity index is 2.20. The predicted molar refractivity (Wildman–Crippen MR) is 105 cm³/mol. The molecule has 1 aromatic carbocycles. The standard InChI is InChI=1S/C20H33N3O4/c1-20(2,3)18(21)19(24)22-13-15(23-8-10-27-11-9-23)14-6-7-16(25-4)17(12-14)26-5/h6-7,12,15,18H,8-11,13,21H2,1-5H3,(H,22,24)/t15?,18-/m1/s1. The van der Waals surface area contributed by atoms with Crippen molar-refractivity contribution in [1.82, 2.24) is 10.2 Å². The van der Waals surface area contributed by atoms with Crippen LogP contribution in [-0.2, 0) is 9.53 Å². The summed E-state index contributed by atoms with van der Waals surface area (Å²) in [5.41, 5.74) is 6.86. The average molecular weight is 380 g/mol. The van der Waals surface area contributed by atoms with Crippen molar-refractivity contribution in [2.75, 3.05) is 47.1 Å². The minimum absolute atomic E-state index is 0.00447. The highest BCUT2D eigenvalue weighted by Gasteiger charge is 2.29. The molecule has 7 nitrogen and oxygen atoms in total. The molecule has 0 saturated carbocycles. The van der Waals surface area contributed by atoms with Gasteiger partial charge in [0, 0.05) is 19.6 Å². The zero-order valence-electron chi connectivity index (χ0n) is 17.1. The first kappa shape index (κ1) is 21.5. The second kappa shape index (κ2) is 9.39. The van der Waals surface area contributed by atoms with Gasteiger partial charge < -0.3 is 25.3 Å². The largest absolute Gasteiger partial charge is 0.493 e. The maximum Gasteiger partial charge on any atom is 0.237 e. The van der Waals surface area contributed by atoms with Gasteiger partial charge in [0.1, 0.15) is 0 Å². The van der Waals surface area contributed by atoms with E-state index in [0.717, 1.165) is 18.7 Å². The Labute approximate surface area is 162 Å². The van der Waals surface area contributed by atoms with E-state index >= 15 is 0 Å². The van der Waals surface area contributed by atoms with Gasteiger partial charge in [-0.15, -0.1) is 0 Å². The van der Waals surface area contributed by atoms with Gasteiger partial charge in [-0.3, -0.25) is 9.69 Å². The molecule has 0 aliphatic carbocycles. The summed E-state index contributed by atoms with van der Waals surface area (Å²) < 4.78 is 16.3. The molecule has 1 heterocycles. The van der Waals surface area contributed by atoms with E-state index in [9.17, 15) is 4.79 Å². The van der Waals surface area contributed by atoms with Gasteiger partial charge in [0.15, 0.2) is 11.5 Å². The number of nitrogens with two attached hydrogens (primary N) is 1. The van der Waals surface area contributed by atoms with Crippen molar-refractivity contribution < 1.29 is 19.0 Å². The molecule has 0 bridgehead atoms. The Morgan fingerprint density at radius 3 is 2.41 bits per heavy atom. The lowest BCUT2D eigenvalue weighted by Gasteiger charge is -2.35. The molecule has 1 unspecified atom stereocenters. The molecule has 1 saturated heterocycles. The molecule has 0 spiro atoms. The highest BCUT2D eigenvalue weighted by Crippen LogP contribution is 2.32.